The first-order chi connectivity index (χ1) is 10.2. The van der Waals surface area contributed by atoms with E-state index in [-0.39, 0.29) is 24.0 Å². The minimum absolute atomic E-state index is 0. The van der Waals surface area contributed by atoms with Gasteiger partial charge in [0.2, 0.25) is 0 Å². The molecule has 1 N–H and O–H groups in total. The van der Waals surface area contributed by atoms with Crippen LogP contribution >= 0.6 is 24.0 Å². The Bertz CT molecular complexity index is 438. The molecule has 5 heteroatoms. The summed E-state index contributed by atoms with van der Waals surface area (Å²) in [5, 5.41) is 3.85. The minimum Gasteiger partial charge on any atom is -0.377 e. The fourth-order valence-corrected chi connectivity index (χ4v) is 5.27. The van der Waals surface area contributed by atoms with Gasteiger partial charge in [-0.1, -0.05) is 13.3 Å². The van der Waals surface area contributed by atoms with Crippen LogP contribution in [0.25, 0.3) is 0 Å². The second-order valence-electron chi connectivity index (χ2n) is 7.69. The van der Waals surface area contributed by atoms with Crippen molar-refractivity contribution in [3.05, 3.63) is 0 Å². The molecule has 4 atom stereocenters. The van der Waals surface area contributed by atoms with Crippen LogP contribution in [0.2, 0.25) is 0 Å². The van der Waals surface area contributed by atoms with E-state index in [0.717, 1.165) is 37.5 Å². The number of rotatable bonds is 1. The molecule has 4 fully saturated rings. The van der Waals surface area contributed by atoms with E-state index in [1.54, 1.807) is 0 Å². The van der Waals surface area contributed by atoms with Crippen molar-refractivity contribution in [2.24, 2.45) is 22.2 Å². The summed E-state index contributed by atoms with van der Waals surface area (Å²) >= 11 is 0. The summed E-state index contributed by atoms with van der Waals surface area (Å²) in [5.41, 5.74) is 0.443. The molecular weight excluding hydrogens is 389 g/mol. The lowest BCUT2D eigenvalue weighted by atomic mass is 9.46. The van der Waals surface area contributed by atoms with E-state index in [2.05, 4.69) is 22.1 Å². The standard InChI is InChI=1S/C17H29N3O.HI/c1-12-5-3-9-20(11-12)16(18-2)19-14-13-6-10-21-15(13)17(14)7-4-8-17;/h12-15H,3-11H2,1-2H3,(H,18,19);1H. The van der Waals surface area contributed by atoms with Gasteiger partial charge in [-0.3, -0.25) is 4.99 Å². The number of piperidine rings is 1. The molecule has 1 spiro atoms. The zero-order valence-corrected chi connectivity index (χ0v) is 16.2. The number of fused-ring (bicyclic) bond motifs is 2. The highest BCUT2D eigenvalue weighted by atomic mass is 127. The average Bonchev–Trinajstić information content (AvgIpc) is 2.83. The third-order valence-electron chi connectivity index (χ3n) is 6.49. The van der Waals surface area contributed by atoms with Gasteiger partial charge in [0.25, 0.3) is 0 Å². The molecule has 0 aromatic rings. The minimum atomic E-state index is 0. The largest absolute Gasteiger partial charge is 0.377 e. The topological polar surface area (TPSA) is 36.9 Å². The van der Waals surface area contributed by atoms with Gasteiger partial charge in [0.15, 0.2) is 5.96 Å². The smallest absolute Gasteiger partial charge is 0.193 e. The Labute approximate surface area is 151 Å². The van der Waals surface area contributed by atoms with Crippen LogP contribution in [-0.2, 0) is 4.74 Å². The van der Waals surface area contributed by atoms with E-state index in [1.165, 1.54) is 38.5 Å². The molecule has 2 aliphatic heterocycles. The Morgan fingerprint density at radius 1 is 1.27 bits per heavy atom. The first-order valence-electron chi connectivity index (χ1n) is 8.84. The second-order valence-corrected chi connectivity index (χ2v) is 7.69. The molecule has 0 radical (unpaired) electrons. The quantitative estimate of drug-likeness (QED) is 0.404. The lowest BCUT2D eigenvalue weighted by Gasteiger charge is -2.63. The molecule has 2 saturated heterocycles. The number of likely N-dealkylation sites (tertiary alicyclic amines) is 1. The van der Waals surface area contributed by atoms with Crippen LogP contribution in [0.15, 0.2) is 4.99 Å². The van der Waals surface area contributed by atoms with Crippen LogP contribution in [0, 0.1) is 17.3 Å². The van der Waals surface area contributed by atoms with Gasteiger partial charge in [-0.15, -0.1) is 24.0 Å². The molecule has 126 valence electrons. The average molecular weight is 419 g/mol. The molecule has 2 heterocycles. The number of aliphatic imine (C=N–C) groups is 1. The summed E-state index contributed by atoms with van der Waals surface area (Å²) in [5.74, 6) is 2.66. The summed E-state index contributed by atoms with van der Waals surface area (Å²) in [4.78, 5) is 7.07. The van der Waals surface area contributed by atoms with Crippen molar-refractivity contribution in [2.45, 2.75) is 57.6 Å². The highest BCUT2D eigenvalue weighted by Crippen LogP contribution is 2.62. The van der Waals surface area contributed by atoms with Crippen LogP contribution in [0.4, 0.5) is 0 Å². The number of nitrogens with one attached hydrogen (secondary N) is 1. The molecule has 0 bridgehead atoms. The monoisotopic (exact) mass is 419 g/mol. The molecule has 22 heavy (non-hydrogen) atoms. The maximum atomic E-state index is 6.02. The Balaban J connectivity index is 0.00000144. The molecule has 0 aromatic carbocycles. The van der Waals surface area contributed by atoms with Crippen molar-refractivity contribution < 1.29 is 4.74 Å². The first kappa shape index (κ1) is 16.8. The molecule has 0 amide bonds. The van der Waals surface area contributed by atoms with E-state index < -0.39 is 0 Å². The van der Waals surface area contributed by atoms with Gasteiger partial charge < -0.3 is 15.0 Å². The predicted octanol–water partition coefficient (Wildman–Crippen LogP) is 2.87. The van der Waals surface area contributed by atoms with E-state index in [0.29, 0.717) is 17.6 Å². The third-order valence-corrected chi connectivity index (χ3v) is 6.49. The Morgan fingerprint density at radius 2 is 2.09 bits per heavy atom. The van der Waals surface area contributed by atoms with Crippen LogP contribution in [-0.4, -0.2) is 49.7 Å². The van der Waals surface area contributed by atoms with Crippen molar-refractivity contribution >= 4 is 29.9 Å². The molecule has 2 aliphatic carbocycles. The van der Waals surface area contributed by atoms with Gasteiger partial charge in [-0.05, 0) is 38.0 Å². The predicted molar refractivity (Wildman–Crippen MR) is 99.8 cm³/mol. The fourth-order valence-electron chi connectivity index (χ4n) is 5.27. The first-order valence-corrected chi connectivity index (χ1v) is 8.84. The van der Waals surface area contributed by atoms with Crippen LogP contribution in [0.5, 0.6) is 0 Å². The van der Waals surface area contributed by atoms with E-state index >= 15 is 0 Å². The molecule has 4 rings (SSSR count). The third kappa shape index (κ3) is 2.46. The number of nitrogens with zero attached hydrogens (tertiary/aromatic N) is 2. The van der Waals surface area contributed by atoms with E-state index in [1.807, 2.05) is 7.05 Å². The molecule has 4 unspecified atom stereocenters. The lowest BCUT2D eigenvalue weighted by Crippen LogP contribution is -2.72. The van der Waals surface area contributed by atoms with Crippen molar-refractivity contribution in [3.63, 3.8) is 0 Å². The Morgan fingerprint density at radius 3 is 2.73 bits per heavy atom. The van der Waals surface area contributed by atoms with Crippen molar-refractivity contribution in [1.82, 2.24) is 10.2 Å². The SMILES string of the molecule is CN=C(NC1C2CCOC2C12CCC2)N1CCCC(C)C1.I. The van der Waals surface area contributed by atoms with E-state index in [9.17, 15) is 0 Å². The van der Waals surface area contributed by atoms with Gasteiger partial charge in [-0.2, -0.15) is 0 Å². The number of halogens is 1. The zero-order valence-electron chi connectivity index (χ0n) is 13.9. The van der Waals surface area contributed by atoms with Gasteiger partial charge in [0.1, 0.15) is 0 Å². The van der Waals surface area contributed by atoms with Gasteiger partial charge >= 0.3 is 0 Å². The zero-order chi connectivity index (χ0) is 14.4. The van der Waals surface area contributed by atoms with Crippen LogP contribution in [0.3, 0.4) is 0 Å². The molecule has 0 aromatic heterocycles. The number of ether oxygens (including phenoxy) is 1. The molecular formula is C17H30IN3O. The summed E-state index contributed by atoms with van der Waals surface area (Å²) < 4.78 is 6.02. The fraction of sp³-hybridized carbons (Fsp3) is 0.941. The van der Waals surface area contributed by atoms with Gasteiger partial charge in [0, 0.05) is 44.1 Å². The summed E-state index contributed by atoms with van der Waals surface area (Å²) in [6.45, 7) is 5.64. The second kappa shape index (κ2) is 6.46. The van der Waals surface area contributed by atoms with Crippen molar-refractivity contribution in [2.75, 3.05) is 26.7 Å². The highest BCUT2D eigenvalue weighted by molar-refractivity contribution is 14.0. The number of hydrogen-bond acceptors (Lipinski definition) is 2. The number of guanidine groups is 1. The Hall–Kier alpha value is -0.0400. The Kier molecular flexibility index (Phi) is 4.93. The van der Waals surface area contributed by atoms with E-state index in [4.69, 9.17) is 4.74 Å². The lowest BCUT2D eigenvalue weighted by molar-refractivity contribution is -0.171. The molecule has 4 nitrogen and oxygen atoms in total. The van der Waals surface area contributed by atoms with Crippen LogP contribution in [0.1, 0.15) is 45.4 Å². The normalized spacial score (nSPS) is 39.5. The molecule has 2 saturated carbocycles. The van der Waals surface area contributed by atoms with Crippen molar-refractivity contribution in [1.29, 1.82) is 0 Å². The highest BCUT2D eigenvalue weighted by Gasteiger charge is 2.66. The maximum Gasteiger partial charge on any atom is 0.193 e. The number of hydrogen-bond donors (Lipinski definition) is 1. The summed E-state index contributed by atoms with van der Waals surface area (Å²) in [6.07, 6.45) is 8.51. The van der Waals surface area contributed by atoms with Gasteiger partial charge in [-0.25, -0.2) is 0 Å². The van der Waals surface area contributed by atoms with Crippen LogP contribution < -0.4 is 5.32 Å². The summed E-state index contributed by atoms with van der Waals surface area (Å²) in [6, 6.07) is 0.606. The maximum absolute atomic E-state index is 6.02. The molecule has 4 aliphatic rings. The van der Waals surface area contributed by atoms with Gasteiger partial charge in [0.05, 0.1) is 6.10 Å². The van der Waals surface area contributed by atoms with Crippen molar-refractivity contribution in [3.8, 4) is 0 Å². The summed E-state index contributed by atoms with van der Waals surface area (Å²) in [7, 11) is 1.94.